The van der Waals surface area contributed by atoms with Crippen molar-refractivity contribution in [1.29, 1.82) is 0 Å². The van der Waals surface area contributed by atoms with E-state index in [0.29, 0.717) is 0 Å². The van der Waals surface area contributed by atoms with E-state index in [2.05, 4.69) is 6.92 Å². The maximum Gasteiger partial charge on any atom is 1.00 e. The smallest absolute Gasteiger partial charge is 0.828 e. The molecule has 11 heteroatoms. The van der Waals surface area contributed by atoms with Crippen LogP contribution in [0.15, 0.2) is 35.2 Å². The second-order valence-corrected chi connectivity index (χ2v) is 9.03. The minimum Gasteiger partial charge on any atom is -0.828 e. The molecule has 0 amide bonds. The van der Waals surface area contributed by atoms with E-state index in [4.69, 9.17) is 23.4 Å². The first-order valence-electron chi connectivity index (χ1n) is 9.47. The molecule has 7 nitrogen and oxygen atoms in total. The van der Waals surface area contributed by atoms with Gasteiger partial charge in [-0.15, -0.1) is 0 Å². The molecule has 2 N–H and O–H groups in total. The molecule has 0 atom stereocenters. The first kappa shape index (κ1) is 34.8. The molecule has 0 aliphatic carbocycles. The molecule has 0 bridgehead atoms. The van der Waals surface area contributed by atoms with Crippen LogP contribution in [0.3, 0.4) is 0 Å². The van der Waals surface area contributed by atoms with Gasteiger partial charge >= 0.3 is 59.1 Å². The van der Waals surface area contributed by atoms with Crippen LogP contribution in [0.5, 0.6) is 0 Å². The van der Waals surface area contributed by atoms with Crippen LogP contribution in [-0.2, 0) is 14.3 Å². The Hall–Kier alpha value is 1.19. The summed E-state index contributed by atoms with van der Waals surface area (Å²) >= 11 is 0. The van der Waals surface area contributed by atoms with Crippen molar-refractivity contribution in [2.75, 3.05) is 6.61 Å². The fraction of sp³-hybridized carbons (Fsp3) is 0.667. The summed E-state index contributed by atoms with van der Waals surface area (Å²) in [4.78, 5) is 32.0. The van der Waals surface area contributed by atoms with Gasteiger partial charge in [-0.3, -0.25) is 4.18 Å². The predicted octanol–water partition coefficient (Wildman–Crippen LogP) is -4.55. The molecular weight excluding hydrogens is 434 g/mol. The third-order valence-electron chi connectivity index (χ3n) is 3.77. The molecule has 29 heavy (non-hydrogen) atoms. The molecule has 0 aliphatic rings. The zero-order valence-electron chi connectivity index (χ0n) is 18.0. The average Bonchev–Trinajstić information content (AvgIpc) is 2.59. The molecule has 1 rings (SSSR count). The Morgan fingerprint density at radius 2 is 1.21 bits per heavy atom. The summed E-state index contributed by atoms with van der Waals surface area (Å²) in [6, 6.07) is 8.33. The predicted molar refractivity (Wildman–Crippen MR) is 102 cm³/mol. The van der Waals surface area contributed by atoms with Crippen molar-refractivity contribution in [2.45, 2.75) is 76.0 Å². The van der Waals surface area contributed by atoms with Crippen LogP contribution in [0.2, 0.25) is 0 Å². The van der Waals surface area contributed by atoms with Crippen molar-refractivity contribution >= 4 is 19.2 Å². The van der Waals surface area contributed by atoms with Crippen LogP contribution in [0.4, 0.5) is 0 Å². The summed E-state index contributed by atoms with van der Waals surface area (Å²) < 4.78 is 28.8. The second kappa shape index (κ2) is 21.1. The van der Waals surface area contributed by atoms with Gasteiger partial charge in [-0.25, -0.2) is 0 Å². The van der Waals surface area contributed by atoms with Crippen LogP contribution in [-0.4, -0.2) is 33.7 Å². The van der Waals surface area contributed by atoms with Crippen LogP contribution in [0, 0.1) is 0 Å². The van der Waals surface area contributed by atoms with Gasteiger partial charge in [0.25, 0.3) is 10.1 Å². The Balaban J connectivity index is -0.000000860. The van der Waals surface area contributed by atoms with E-state index >= 15 is 0 Å². The quantitative estimate of drug-likeness (QED) is 0.170. The average molecular weight is 467 g/mol. The van der Waals surface area contributed by atoms with Gasteiger partial charge in [0, 0.05) is 0 Å². The van der Waals surface area contributed by atoms with Gasteiger partial charge in [-0.1, -0.05) is 82.9 Å². The minimum atomic E-state index is -5.11. The maximum absolute atomic E-state index is 11.9. The normalized spacial score (nSPS) is 10.9. The van der Waals surface area contributed by atoms with E-state index in [1.54, 1.807) is 30.3 Å². The van der Waals surface area contributed by atoms with Crippen molar-refractivity contribution in [3.05, 3.63) is 30.3 Å². The van der Waals surface area contributed by atoms with E-state index in [-0.39, 0.29) is 70.6 Å². The van der Waals surface area contributed by atoms with E-state index in [1.165, 1.54) is 51.4 Å². The molecule has 0 saturated carbocycles. The van der Waals surface area contributed by atoms with E-state index in [9.17, 15) is 8.42 Å². The second-order valence-electron chi connectivity index (χ2n) is 6.32. The van der Waals surface area contributed by atoms with Crippen molar-refractivity contribution in [2.24, 2.45) is 0 Å². The zero-order chi connectivity index (χ0) is 20.6. The fourth-order valence-corrected chi connectivity index (χ4v) is 3.38. The summed E-state index contributed by atoms with van der Waals surface area (Å²) in [6.45, 7) is 2.52. The third kappa shape index (κ3) is 25.3. The molecule has 0 aliphatic heterocycles. The molecule has 0 aromatic heterocycles. The van der Waals surface area contributed by atoms with Gasteiger partial charge in [0.15, 0.2) is 0 Å². The van der Waals surface area contributed by atoms with Crippen molar-refractivity contribution < 1.29 is 90.9 Å². The van der Waals surface area contributed by atoms with Gasteiger partial charge < -0.3 is 19.2 Å². The number of rotatable bonds is 13. The summed E-state index contributed by atoms with van der Waals surface area (Å²) in [5.41, 5.74) is 0. The molecule has 1 aromatic carbocycles. The third-order valence-corrected chi connectivity index (χ3v) is 5.09. The number of hydrogen-bond donors (Lipinski definition) is 2. The zero-order valence-corrected chi connectivity index (χ0v) is 23.8. The SMILES string of the molecule is CCCCCCCCCCCCOS(=O)(=O)c1ccccc1.[Na+].[Na+].[O-][Si]([O-])(O)O. The van der Waals surface area contributed by atoms with Gasteiger partial charge in [0.2, 0.25) is 0 Å². The Morgan fingerprint density at radius 1 is 0.828 bits per heavy atom. The molecule has 0 spiro atoms. The monoisotopic (exact) mass is 466 g/mol. The largest absolute Gasteiger partial charge is 1.00 e. The molecule has 0 fully saturated rings. The van der Waals surface area contributed by atoms with Gasteiger partial charge in [-0.2, -0.15) is 8.42 Å². The Bertz CT molecular complexity index is 563. The number of benzene rings is 1. The van der Waals surface area contributed by atoms with Crippen LogP contribution < -0.4 is 68.7 Å². The van der Waals surface area contributed by atoms with Crippen LogP contribution >= 0.6 is 0 Å². The molecule has 158 valence electrons. The van der Waals surface area contributed by atoms with Crippen LogP contribution in [0.1, 0.15) is 71.1 Å². The van der Waals surface area contributed by atoms with E-state index in [0.717, 1.165) is 12.8 Å². The summed E-state index contributed by atoms with van der Waals surface area (Å²) in [7, 11) is -8.68. The van der Waals surface area contributed by atoms with Crippen molar-refractivity contribution in [1.82, 2.24) is 0 Å². The first-order valence-corrected chi connectivity index (χ1v) is 12.6. The summed E-state index contributed by atoms with van der Waals surface area (Å²) in [5, 5.41) is 0. The first-order chi connectivity index (χ1) is 12.7. The van der Waals surface area contributed by atoms with Gasteiger partial charge in [-0.05, 0) is 18.6 Å². The molecular formula is C18H32Na2O7SSi. The molecule has 0 radical (unpaired) electrons. The van der Waals surface area contributed by atoms with E-state index in [1.807, 2.05) is 0 Å². The fourth-order valence-electron chi connectivity index (χ4n) is 2.41. The minimum absolute atomic E-state index is 0. The molecule has 1 aromatic rings. The standard InChI is InChI=1S/C18H30O3S.2Na.H2O4Si/c1-2-3-4-5-6-7-8-9-10-14-17-21-22(19,20)18-15-12-11-13-16-18;;;1-5(2,3)4/h11-13,15-16H,2-10,14,17H2,1H3;;;1-2H/q;2*+1;-2. The summed E-state index contributed by atoms with van der Waals surface area (Å²) in [6.07, 6.45) is 12.3. The molecule has 0 saturated heterocycles. The number of hydrogen-bond acceptors (Lipinski definition) is 7. The van der Waals surface area contributed by atoms with E-state index < -0.39 is 19.2 Å². The van der Waals surface area contributed by atoms with Crippen molar-refractivity contribution in [3.8, 4) is 0 Å². The Morgan fingerprint density at radius 3 is 1.62 bits per heavy atom. The van der Waals surface area contributed by atoms with Gasteiger partial charge in [0.1, 0.15) is 9.05 Å². The topological polar surface area (TPSA) is 130 Å². The Kier molecular flexibility index (Phi) is 25.3. The van der Waals surface area contributed by atoms with Gasteiger partial charge in [0.05, 0.1) is 11.5 Å². The summed E-state index contributed by atoms with van der Waals surface area (Å²) in [5.74, 6) is 0. The Labute approximate surface area is 221 Å². The molecule has 0 unspecified atom stereocenters. The molecule has 0 heterocycles. The van der Waals surface area contributed by atoms with Crippen molar-refractivity contribution in [3.63, 3.8) is 0 Å². The van der Waals surface area contributed by atoms with Crippen LogP contribution in [0.25, 0.3) is 0 Å². The number of unbranched alkanes of at least 4 members (excludes halogenated alkanes) is 9. The maximum atomic E-state index is 11.9.